The molecule has 15 aromatic carbocycles. The lowest BCUT2D eigenvalue weighted by atomic mass is 9.91. The van der Waals surface area contributed by atoms with Crippen LogP contribution in [0.3, 0.4) is 0 Å². The molecule has 108 heavy (non-hydrogen) atoms. The molecule has 20 rings (SSSR count). The number of aromatic nitrogens is 5. The Balaban J connectivity index is 1.08. The number of hydrogen-bond acceptors (Lipinski definition) is 5. The molecule has 5 heterocycles. The number of rotatable bonds is 11. The van der Waals surface area contributed by atoms with Crippen LogP contribution >= 0.6 is 0 Å². The molecule has 0 saturated carbocycles. The molecule has 5 aromatic heterocycles. The lowest BCUT2D eigenvalue weighted by Crippen LogP contribution is -2.16. The first kappa shape index (κ1) is 62.4. The van der Waals surface area contributed by atoms with Gasteiger partial charge in [-0.15, -0.1) is 0 Å². The molecule has 0 unspecified atom stereocenters. The van der Waals surface area contributed by atoms with E-state index in [4.69, 9.17) is 4.98 Å². The van der Waals surface area contributed by atoms with Crippen LogP contribution in [0.1, 0.15) is 22.3 Å². The van der Waals surface area contributed by atoms with Crippen molar-refractivity contribution in [2.45, 2.75) is 0 Å². The SMILES string of the molecule is N#Cc1ccc2c(c1)c1cc(C#N)ccc1n2-c1c(-n2c3ccc(-c4ccccc4)cc3c3cc(-c4ccccc4)ccc32)nc(-n2c3ccc(-c4ccccc4)cc3c3cc(-c4ccccc4)ccc32)c(-n2c3ccc(C#N)cc3c3cc(C#N)ccc32)c1-c1cc(-c2ccccc2)cc(-c2ccccc2)c1. The van der Waals surface area contributed by atoms with Crippen LogP contribution in [-0.2, 0) is 0 Å². The molecule has 0 bridgehead atoms. The molecule has 0 radical (unpaired) electrons. The van der Waals surface area contributed by atoms with Crippen molar-refractivity contribution < 1.29 is 0 Å². The summed E-state index contributed by atoms with van der Waals surface area (Å²) in [5.41, 5.74) is 23.8. The van der Waals surface area contributed by atoms with E-state index in [-0.39, 0.29) is 0 Å². The van der Waals surface area contributed by atoms with Crippen molar-refractivity contribution in [2.24, 2.45) is 0 Å². The second-order valence-electron chi connectivity index (χ2n) is 27.5. The minimum absolute atomic E-state index is 0.461. The number of nitrogens with zero attached hydrogens (tertiary/aromatic N) is 9. The van der Waals surface area contributed by atoms with Gasteiger partial charge in [-0.05, 0) is 212 Å². The maximum atomic E-state index is 10.9. The van der Waals surface area contributed by atoms with Gasteiger partial charge in [-0.2, -0.15) is 21.0 Å². The van der Waals surface area contributed by atoms with E-state index >= 15 is 0 Å². The zero-order valence-corrected chi connectivity index (χ0v) is 57.9. The number of pyridine rings is 1. The summed E-state index contributed by atoms with van der Waals surface area (Å²) in [5.74, 6) is 1.14. The van der Waals surface area contributed by atoms with E-state index in [0.29, 0.717) is 45.3 Å². The molecule has 20 aromatic rings. The van der Waals surface area contributed by atoms with Gasteiger partial charge < -0.3 is 9.13 Å². The predicted octanol–water partition coefficient (Wildman–Crippen LogP) is 24.6. The topological polar surface area (TPSA) is 128 Å². The minimum atomic E-state index is 0.461. The van der Waals surface area contributed by atoms with Gasteiger partial charge in [-0.25, -0.2) is 4.98 Å². The molecule has 0 fully saturated rings. The average Bonchev–Trinajstić information content (AvgIpc) is 1.49. The zero-order chi connectivity index (χ0) is 72.1. The number of hydrogen-bond donors (Lipinski definition) is 0. The highest BCUT2D eigenvalue weighted by molar-refractivity contribution is 6.18. The first-order chi connectivity index (χ1) is 53.4. The second kappa shape index (κ2) is 25.2. The number of benzene rings is 15. The lowest BCUT2D eigenvalue weighted by molar-refractivity contribution is 0.961. The number of fused-ring (bicyclic) bond motifs is 12. The summed E-state index contributed by atoms with van der Waals surface area (Å²) in [7, 11) is 0. The van der Waals surface area contributed by atoms with Crippen molar-refractivity contribution in [3.05, 3.63) is 368 Å². The van der Waals surface area contributed by atoms with E-state index in [0.717, 1.165) is 165 Å². The second-order valence-corrected chi connectivity index (χ2v) is 27.5. The summed E-state index contributed by atoms with van der Waals surface area (Å²) in [6.07, 6.45) is 0. The fraction of sp³-hybridized carbons (Fsp3) is 0. The van der Waals surface area contributed by atoms with Crippen molar-refractivity contribution >= 4 is 87.2 Å². The van der Waals surface area contributed by atoms with Crippen LogP contribution in [-0.4, -0.2) is 23.3 Å². The fourth-order valence-electron chi connectivity index (χ4n) is 16.5. The Morgan fingerprint density at radius 2 is 0.398 bits per heavy atom. The van der Waals surface area contributed by atoms with Crippen LogP contribution in [0.15, 0.2) is 346 Å². The Hall–Kier alpha value is -15.4. The Bertz CT molecular complexity index is 6540. The summed E-state index contributed by atoms with van der Waals surface area (Å²) in [6.45, 7) is 0. The van der Waals surface area contributed by atoms with E-state index in [2.05, 4.69) is 303 Å². The molecule has 0 amide bonds. The van der Waals surface area contributed by atoms with Crippen LogP contribution in [0.5, 0.6) is 0 Å². The Morgan fingerprint density at radius 3 is 0.648 bits per heavy atom. The summed E-state index contributed by atoms with van der Waals surface area (Å²) >= 11 is 0. The largest absolute Gasteiger partial charge is 0.305 e. The predicted molar refractivity (Wildman–Crippen MR) is 439 cm³/mol. The van der Waals surface area contributed by atoms with E-state index in [9.17, 15) is 21.0 Å². The van der Waals surface area contributed by atoms with Crippen LogP contribution in [0.25, 0.3) is 188 Å². The molecule has 0 atom stereocenters. The number of nitriles is 4. The molecular weight excluding hydrogens is 1320 g/mol. The van der Waals surface area contributed by atoms with Crippen LogP contribution in [0.2, 0.25) is 0 Å². The third-order valence-corrected chi connectivity index (χ3v) is 21.4. The molecular formula is C99H57N9. The first-order valence-corrected chi connectivity index (χ1v) is 35.9. The molecule has 0 N–H and O–H groups in total. The highest BCUT2D eigenvalue weighted by atomic mass is 15.2. The van der Waals surface area contributed by atoms with Crippen molar-refractivity contribution in [1.82, 2.24) is 23.3 Å². The Morgan fingerprint density at radius 1 is 0.185 bits per heavy atom. The normalized spacial score (nSPS) is 11.5. The maximum absolute atomic E-state index is 10.9. The third-order valence-electron chi connectivity index (χ3n) is 21.4. The molecule has 9 heteroatoms. The molecule has 0 saturated heterocycles. The van der Waals surface area contributed by atoms with Gasteiger partial charge in [0.25, 0.3) is 0 Å². The average molecular weight is 1370 g/mol. The summed E-state index contributed by atoms with van der Waals surface area (Å²) < 4.78 is 9.37. The minimum Gasteiger partial charge on any atom is -0.305 e. The molecule has 0 aliphatic heterocycles. The van der Waals surface area contributed by atoms with Crippen molar-refractivity contribution in [3.8, 4) is 125 Å². The standard InChI is InChI=1S/C99H57N9/c100-58-62-31-39-87-79(47-62)80-48-63(59-101)32-40-88(80)105(87)96-95(78-52-76(70-27-15-5-16-28-70)51-77(53-78)71-29-17-6-18-30-71)97(106-89-41-33-64(60-102)49-81(89)82-50-65(61-103)34-42-90(82)106)99(108-93-45-37-74(68-23-11-3-12-24-68)56-85(93)86-57-75(38-46-94(86)108)69-25-13-4-14-26-69)104-98(96)107-91-43-35-72(66-19-7-1-8-20-66)54-83(91)84-55-73(36-44-92(84)107)67-21-9-2-10-22-67/h1-57H. The quantitative estimate of drug-likeness (QED) is 0.127. The first-order valence-electron chi connectivity index (χ1n) is 35.9. The van der Waals surface area contributed by atoms with Crippen molar-refractivity contribution in [1.29, 1.82) is 21.0 Å². The van der Waals surface area contributed by atoms with E-state index in [1.54, 1.807) is 0 Å². The van der Waals surface area contributed by atoms with Crippen LogP contribution in [0, 0.1) is 45.3 Å². The van der Waals surface area contributed by atoms with Gasteiger partial charge in [-0.3, -0.25) is 9.13 Å². The fourth-order valence-corrected chi connectivity index (χ4v) is 16.5. The zero-order valence-electron chi connectivity index (χ0n) is 57.9. The van der Waals surface area contributed by atoms with Crippen molar-refractivity contribution in [3.63, 3.8) is 0 Å². The molecule has 0 spiro atoms. The maximum Gasteiger partial charge on any atom is 0.165 e. The van der Waals surface area contributed by atoms with E-state index in [1.165, 1.54) is 0 Å². The van der Waals surface area contributed by atoms with E-state index in [1.807, 2.05) is 84.9 Å². The molecule has 0 aliphatic carbocycles. The van der Waals surface area contributed by atoms with Crippen LogP contribution in [0.4, 0.5) is 0 Å². The summed E-state index contributed by atoms with van der Waals surface area (Å²) in [5, 5.41) is 50.8. The van der Waals surface area contributed by atoms with Gasteiger partial charge in [0.1, 0.15) is 11.4 Å². The van der Waals surface area contributed by atoms with Gasteiger partial charge in [0.2, 0.25) is 0 Å². The van der Waals surface area contributed by atoms with E-state index < -0.39 is 0 Å². The van der Waals surface area contributed by atoms with Gasteiger partial charge in [0.05, 0.1) is 90.7 Å². The lowest BCUT2D eigenvalue weighted by Gasteiger charge is -2.27. The molecule has 498 valence electrons. The smallest absolute Gasteiger partial charge is 0.165 e. The van der Waals surface area contributed by atoms with Gasteiger partial charge in [0.15, 0.2) is 11.6 Å². The van der Waals surface area contributed by atoms with Crippen LogP contribution < -0.4 is 0 Å². The molecule has 9 nitrogen and oxygen atoms in total. The summed E-state index contributed by atoms with van der Waals surface area (Å²) in [6, 6.07) is 131. The third kappa shape index (κ3) is 10.1. The van der Waals surface area contributed by atoms with Crippen molar-refractivity contribution in [2.75, 3.05) is 0 Å². The Labute approximate surface area is 620 Å². The highest BCUT2D eigenvalue weighted by Crippen LogP contribution is 2.52. The summed E-state index contributed by atoms with van der Waals surface area (Å²) in [4.78, 5) is 6.68. The van der Waals surface area contributed by atoms with Gasteiger partial charge in [0, 0.05) is 48.7 Å². The van der Waals surface area contributed by atoms with Gasteiger partial charge in [-0.1, -0.05) is 206 Å². The van der Waals surface area contributed by atoms with Gasteiger partial charge >= 0.3 is 0 Å². The highest BCUT2D eigenvalue weighted by Gasteiger charge is 2.34. The Kier molecular flexibility index (Phi) is 14.6. The monoisotopic (exact) mass is 1370 g/mol. The molecule has 0 aliphatic rings.